The number of amides is 1. The average Bonchev–Trinajstić information content (AvgIpc) is 2.47. The summed E-state index contributed by atoms with van der Waals surface area (Å²) in [5, 5.41) is 5.99. The highest BCUT2D eigenvalue weighted by atomic mass is 16.5. The minimum Gasteiger partial charge on any atom is -0.453 e. The fourth-order valence-electron chi connectivity index (χ4n) is 2.15. The van der Waals surface area contributed by atoms with Crippen LogP contribution >= 0.6 is 0 Å². The Hall–Kier alpha value is -1.59. The Morgan fingerprint density at radius 3 is 2.63 bits per heavy atom. The summed E-state index contributed by atoms with van der Waals surface area (Å²) in [6.45, 7) is 5.51. The van der Waals surface area contributed by atoms with E-state index < -0.39 is 6.09 Å². The van der Waals surface area contributed by atoms with Gasteiger partial charge in [-0.25, -0.2) is 4.79 Å². The second kappa shape index (κ2) is 7.11. The predicted molar refractivity (Wildman–Crippen MR) is 75.5 cm³/mol. The van der Waals surface area contributed by atoms with Gasteiger partial charge in [0.1, 0.15) is 0 Å². The van der Waals surface area contributed by atoms with Crippen LogP contribution in [0, 0.1) is 0 Å². The number of hydrogen-bond acceptors (Lipinski definition) is 4. The molecule has 0 bridgehead atoms. The molecule has 2 rings (SSSR count). The van der Waals surface area contributed by atoms with Gasteiger partial charge in [0.25, 0.3) is 0 Å². The highest BCUT2D eigenvalue weighted by Gasteiger charge is 2.08. The van der Waals surface area contributed by atoms with Crippen molar-refractivity contribution in [3.8, 4) is 0 Å². The number of benzene rings is 1. The van der Waals surface area contributed by atoms with Gasteiger partial charge in [-0.2, -0.15) is 0 Å². The van der Waals surface area contributed by atoms with Gasteiger partial charge in [0.15, 0.2) is 0 Å². The Kier molecular flexibility index (Phi) is 5.18. The number of nitrogens with zero attached hydrogens (tertiary/aromatic N) is 1. The summed E-state index contributed by atoms with van der Waals surface area (Å²) in [4.78, 5) is 13.5. The number of piperazine rings is 1. The van der Waals surface area contributed by atoms with Crippen molar-refractivity contribution in [2.75, 3.05) is 45.2 Å². The number of methoxy groups -OCH3 is 1. The van der Waals surface area contributed by atoms with E-state index in [9.17, 15) is 4.79 Å². The first-order chi connectivity index (χ1) is 9.28. The van der Waals surface area contributed by atoms with Crippen molar-refractivity contribution >= 4 is 11.8 Å². The van der Waals surface area contributed by atoms with Crippen molar-refractivity contribution in [1.82, 2.24) is 10.2 Å². The molecule has 1 fully saturated rings. The predicted octanol–water partition coefficient (Wildman–Crippen LogP) is 1.31. The smallest absolute Gasteiger partial charge is 0.411 e. The zero-order chi connectivity index (χ0) is 13.5. The van der Waals surface area contributed by atoms with Crippen LogP contribution in [0.5, 0.6) is 0 Å². The summed E-state index contributed by atoms with van der Waals surface area (Å²) in [6, 6.07) is 7.91. The fourth-order valence-corrected chi connectivity index (χ4v) is 2.15. The minimum atomic E-state index is -0.437. The molecule has 0 spiro atoms. The SMILES string of the molecule is COC(=O)Nc1ccc(CCN2CCNCC2)cc1. The molecule has 0 unspecified atom stereocenters. The molecule has 2 N–H and O–H groups in total. The number of carbonyl (C=O) groups excluding carboxylic acids is 1. The van der Waals surface area contributed by atoms with Crippen LogP contribution < -0.4 is 10.6 Å². The van der Waals surface area contributed by atoms with Crippen LogP contribution in [0.2, 0.25) is 0 Å². The van der Waals surface area contributed by atoms with Crippen LogP contribution in [-0.2, 0) is 11.2 Å². The largest absolute Gasteiger partial charge is 0.453 e. The van der Waals surface area contributed by atoms with Crippen LogP contribution in [-0.4, -0.2) is 50.8 Å². The molecule has 1 aromatic carbocycles. The number of rotatable bonds is 4. The number of hydrogen-bond donors (Lipinski definition) is 2. The molecule has 5 nitrogen and oxygen atoms in total. The molecule has 0 radical (unpaired) electrons. The van der Waals surface area contributed by atoms with Crippen LogP contribution in [0.3, 0.4) is 0 Å². The first-order valence-corrected chi connectivity index (χ1v) is 6.65. The third-order valence-electron chi connectivity index (χ3n) is 3.31. The van der Waals surface area contributed by atoms with Gasteiger partial charge < -0.3 is 15.0 Å². The van der Waals surface area contributed by atoms with Gasteiger partial charge in [-0.05, 0) is 24.1 Å². The van der Waals surface area contributed by atoms with Crippen LogP contribution in [0.25, 0.3) is 0 Å². The van der Waals surface area contributed by atoms with E-state index >= 15 is 0 Å². The Morgan fingerprint density at radius 1 is 1.32 bits per heavy atom. The Morgan fingerprint density at radius 2 is 2.00 bits per heavy atom. The lowest BCUT2D eigenvalue weighted by atomic mass is 10.1. The second-order valence-electron chi connectivity index (χ2n) is 4.66. The van der Waals surface area contributed by atoms with Gasteiger partial charge in [-0.15, -0.1) is 0 Å². The van der Waals surface area contributed by atoms with Crippen molar-refractivity contribution in [1.29, 1.82) is 0 Å². The summed E-state index contributed by atoms with van der Waals surface area (Å²) in [6.07, 6.45) is 0.604. The maximum absolute atomic E-state index is 11.1. The van der Waals surface area contributed by atoms with Gasteiger partial charge in [0.2, 0.25) is 0 Å². The molecular formula is C14H21N3O2. The van der Waals surface area contributed by atoms with Gasteiger partial charge >= 0.3 is 6.09 Å². The molecule has 1 heterocycles. The monoisotopic (exact) mass is 263 g/mol. The third-order valence-corrected chi connectivity index (χ3v) is 3.31. The van der Waals surface area contributed by atoms with E-state index in [1.165, 1.54) is 12.7 Å². The number of ether oxygens (including phenoxy) is 1. The molecule has 0 saturated carbocycles. The summed E-state index contributed by atoms with van der Waals surface area (Å²) in [5.74, 6) is 0. The molecule has 0 aromatic heterocycles. The zero-order valence-electron chi connectivity index (χ0n) is 11.3. The molecule has 19 heavy (non-hydrogen) atoms. The lowest BCUT2D eigenvalue weighted by molar-refractivity contribution is 0.187. The quantitative estimate of drug-likeness (QED) is 0.860. The molecule has 1 amide bonds. The van der Waals surface area contributed by atoms with Crippen molar-refractivity contribution < 1.29 is 9.53 Å². The van der Waals surface area contributed by atoms with Crippen LogP contribution in [0.15, 0.2) is 24.3 Å². The van der Waals surface area contributed by atoms with Gasteiger partial charge in [0.05, 0.1) is 7.11 Å². The number of nitrogens with one attached hydrogen (secondary N) is 2. The normalized spacial score (nSPS) is 16.1. The van der Waals surface area contributed by atoms with E-state index in [1.807, 2.05) is 24.3 Å². The summed E-state index contributed by atoms with van der Waals surface area (Å²) in [7, 11) is 1.36. The minimum absolute atomic E-state index is 0.437. The number of carbonyl (C=O) groups is 1. The first kappa shape index (κ1) is 13.8. The third kappa shape index (κ3) is 4.54. The first-order valence-electron chi connectivity index (χ1n) is 6.65. The number of anilines is 1. The fraction of sp³-hybridized carbons (Fsp3) is 0.500. The van der Waals surface area contributed by atoms with E-state index in [2.05, 4.69) is 20.3 Å². The van der Waals surface area contributed by atoms with Crippen molar-refractivity contribution in [2.45, 2.75) is 6.42 Å². The van der Waals surface area contributed by atoms with Crippen molar-refractivity contribution in [3.05, 3.63) is 29.8 Å². The molecule has 0 atom stereocenters. The maximum atomic E-state index is 11.1. The van der Waals surface area contributed by atoms with Gasteiger partial charge in [-0.3, -0.25) is 5.32 Å². The lowest BCUT2D eigenvalue weighted by Crippen LogP contribution is -2.44. The van der Waals surface area contributed by atoms with E-state index in [4.69, 9.17) is 0 Å². The molecular weight excluding hydrogens is 242 g/mol. The van der Waals surface area contributed by atoms with E-state index in [-0.39, 0.29) is 0 Å². The molecule has 104 valence electrons. The molecule has 0 aliphatic carbocycles. The molecule has 5 heteroatoms. The molecule has 1 aliphatic heterocycles. The standard InChI is InChI=1S/C14H21N3O2/c1-19-14(18)16-13-4-2-12(3-5-13)6-9-17-10-7-15-8-11-17/h2-5,15H,6-11H2,1H3,(H,16,18). The summed E-state index contributed by atoms with van der Waals surface area (Å²) >= 11 is 0. The highest BCUT2D eigenvalue weighted by Crippen LogP contribution is 2.11. The van der Waals surface area contributed by atoms with Crippen molar-refractivity contribution in [3.63, 3.8) is 0 Å². The highest BCUT2D eigenvalue weighted by molar-refractivity contribution is 5.84. The molecule has 1 saturated heterocycles. The zero-order valence-corrected chi connectivity index (χ0v) is 11.3. The topological polar surface area (TPSA) is 53.6 Å². The second-order valence-corrected chi connectivity index (χ2v) is 4.66. The van der Waals surface area contributed by atoms with Crippen LogP contribution in [0.1, 0.15) is 5.56 Å². The van der Waals surface area contributed by atoms with Gasteiger partial charge in [0, 0.05) is 38.4 Å². The molecule has 1 aliphatic rings. The maximum Gasteiger partial charge on any atom is 0.411 e. The van der Waals surface area contributed by atoms with E-state index in [0.717, 1.165) is 44.8 Å². The Labute approximate surface area is 113 Å². The molecule has 1 aromatic rings. The Bertz CT molecular complexity index is 400. The Balaban J connectivity index is 1.79. The van der Waals surface area contributed by atoms with Crippen molar-refractivity contribution in [2.24, 2.45) is 0 Å². The van der Waals surface area contributed by atoms with E-state index in [1.54, 1.807) is 0 Å². The average molecular weight is 263 g/mol. The van der Waals surface area contributed by atoms with Gasteiger partial charge in [-0.1, -0.05) is 12.1 Å². The lowest BCUT2D eigenvalue weighted by Gasteiger charge is -2.27. The van der Waals surface area contributed by atoms with E-state index in [0.29, 0.717) is 0 Å². The van der Waals surface area contributed by atoms with Crippen LogP contribution in [0.4, 0.5) is 10.5 Å². The summed E-state index contributed by atoms with van der Waals surface area (Å²) < 4.78 is 4.55. The summed E-state index contributed by atoms with van der Waals surface area (Å²) in [5.41, 5.74) is 2.05.